The molecule has 0 saturated carbocycles. The van der Waals surface area contributed by atoms with Gasteiger partial charge in [-0.15, -0.1) is 0 Å². The number of hydrogen-bond donors (Lipinski definition) is 2. The molecule has 3 N–H and O–H groups in total. The molecule has 0 aromatic heterocycles. The number of carbonyl (C=O) groups is 1. The highest BCUT2D eigenvalue weighted by Gasteiger charge is 2.28. The summed E-state index contributed by atoms with van der Waals surface area (Å²) in [5.41, 5.74) is 5.90. The van der Waals surface area contributed by atoms with Crippen LogP contribution in [0.3, 0.4) is 0 Å². The van der Waals surface area contributed by atoms with Crippen LogP contribution >= 0.6 is 11.6 Å². The summed E-state index contributed by atoms with van der Waals surface area (Å²) in [6.45, 7) is 5.30. The first-order valence-corrected chi connectivity index (χ1v) is 7.05. The lowest BCUT2D eigenvalue weighted by molar-refractivity contribution is -0.148. The molecule has 0 aliphatic rings. The highest BCUT2D eigenvalue weighted by molar-refractivity contribution is 6.32. The number of ether oxygens (including phenoxy) is 1. The molecule has 0 fully saturated rings. The standard InChI is InChI=1S/C15H22ClNO3/c1-4-11(17)8-10-6-5-7-12(16)13(10)20-9-15(2,3)14(18)19/h5-7,11H,4,8-9,17H2,1-3H3,(H,18,19). The van der Waals surface area contributed by atoms with Crippen LogP contribution in [-0.2, 0) is 11.2 Å². The zero-order chi connectivity index (χ0) is 15.3. The summed E-state index contributed by atoms with van der Waals surface area (Å²) in [5, 5.41) is 9.59. The van der Waals surface area contributed by atoms with Crippen molar-refractivity contribution in [3.05, 3.63) is 28.8 Å². The zero-order valence-electron chi connectivity index (χ0n) is 12.1. The monoisotopic (exact) mass is 299 g/mol. The second kappa shape index (κ2) is 6.95. The third-order valence-electron chi connectivity index (χ3n) is 3.21. The van der Waals surface area contributed by atoms with Gasteiger partial charge in [0.25, 0.3) is 0 Å². The highest BCUT2D eigenvalue weighted by atomic mass is 35.5. The van der Waals surface area contributed by atoms with Crippen LogP contribution in [0.2, 0.25) is 5.02 Å². The summed E-state index contributed by atoms with van der Waals surface area (Å²) in [6.07, 6.45) is 1.51. The molecule has 0 amide bonds. The van der Waals surface area contributed by atoms with Crippen LogP contribution in [0, 0.1) is 5.41 Å². The molecular formula is C15H22ClNO3. The first-order valence-electron chi connectivity index (χ1n) is 6.67. The Morgan fingerprint density at radius 2 is 2.15 bits per heavy atom. The van der Waals surface area contributed by atoms with Gasteiger partial charge in [-0.25, -0.2) is 0 Å². The number of halogens is 1. The predicted molar refractivity (Wildman–Crippen MR) is 80.3 cm³/mol. The first kappa shape index (κ1) is 16.8. The molecule has 1 atom stereocenters. The van der Waals surface area contributed by atoms with Crippen LogP contribution < -0.4 is 10.5 Å². The van der Waals surface area contributed by atoms with E-state index in [-0.39, 0.29) is 12.6 Å². The normalized spacial score (nSPS) is 13.1. The average molecular weight is 300 g/mol. The number of carboxylic acids is 1. The number of benzene rings is 1. The Kier molecular flexibility index (Phi) is 5.84. The molecule has 112 valence electrons. The smallest absolute Gasteiger partial charge is 0.312 e. The van der Waals surface area contributed by atoms with Crippen LogP contribution in [-0.4, -0.2) is 23.7 Å². The van der Waals surface area contributed by atoms with Crippen molar-refractivity contribution in [1.29, 1.82) is 0 Å². The molecule has 0 bridgehead atoms. The first-order chi connectivity index (χ1) is 9.27. The Morgan fingerprint density at radius 1 is 1.50 bits per heavy atom. The molecule has 20 heavy (non-hydrogen) atoms. The lowest BCUT2D eigenvalue weighted by Crippen LogP contribution is -2.31. The number of aliphatic carboxylic acids is 1. The second-order valence-electron chi connectivity index (χ2n) is 5.58. The third kappa shape index (κ3) is 4.39. The van der Waals surface area contributed by atoms with E-state index in [1.165, 1.54) is 0 Å². The molecular weight excluding hydrogens is 278 g/mol. The summed E-state index contributed by atoms with van der Waals surface area (Å²) in [4.78, 5) is 11.1. The van der Waals surface area contributed by atoms with Gasteiger partial charge in [0.15, 0.2) is 0 Å². The van der Waals surface area contributed by atoms with Crippen molar-refractivity contribution in [2.75, 3.05) is 6.61 Å². The fourth-order valence-corrected chi connectivity index (χ4v) is 1.87. The molecule has 0 spiro atoms. The van der Waals surface area contributed by atoms with Crippen molar-refractivity contribution < 1.29 is 14.6 Å². The predicted octanol–water partition coefficient (Wildman–Crippen LogP) is 3.11. The van der Waals surface area contributed by atoms with Crippen molar-refractivity contribution >= 4 is 17.6 Å². The van der Waals surface area contributed by atoms with Gasteiger partial charge in [-0.05, 0) is 38.3 Å². The van der Waals surface area contributed by atoms with E-state index in [4.69, 9.17) is 27.2 Å². The number of rotatable bonds is 7. The van der Waals surface area contributed by atoms with Gasteiger partial charge < -0.3 is 15.6 Å². The maximum atomic E-state index is 11.1. The van der Waals surface area contributed by atoms with Crippen LogP contribution in [0.15, 0.2) is 18.2 Å². The molecule has 1 aromatic carbocycles. The van der Waals surface area contributed by atoms with Crippen LogP contribution in [0.25, 0.3) is 0 Å². The van der Waals surface area contributed by atoms with Gasteiger partial charge in [0, 0.05) is 6.04 Å². The largest absolute Gasteiger partial charge is 0.491 e. The van der Waals surface area contributed by atoms with E-state index < -0.39 is 11.4 Å². The van der Waals surface area contributed by atoms with Gasteiger partial charge in [0.2, 0.25) is 0 Å². The summed E-state index contributed by atoms with van der Waals surface area (Å²) < 4.78 is 5.67. The molecule has 1 unspecified atom stereocenters. The summed E-state index contributed by atoms with van der Waals surface area (Å²) in [7, 11) is 0. The van der Waals surface area contributed by atoms with E-state index in [1.54, 1.807) is 19.9 Å². The lowest BCUT2D eigenvalue weighted by Gasteiger charge is -2.22. The van der Waals surface area contributed by atoms with E-state index in [9.17, 15) is 4.79 Å². The Bertz CT molecular complexity index is 474. The number of carboxylic acid groups (broad SMARTS) is 1. The average Bonchev–Trinajstić information content (AvgIpc) is 2.37. The summed E-state index contributed by atoms with van der Waals surface area (Å²) in [6, 6.07) is 5.51. The second-order valence-corrected chi connectivity index (χ2v) is 5.99. The molecule has 0 radical (unpaired) electrons. The SMILES string of the molecule is CCC(N)Cc1cccc(Cl)c1OCC(C)(C)C(=O)O. The Hall–Kier alpha value is -1.26. The van der Waals surface area contributed by atoms with Crippen molar-refractivity contribution in [1.82, 2.24) is 0 Å². The molecule has 4 nitrogen and oxygen atoms in total. The fraction of sp³-hybridized carbons (Fsp3) is 0.533. The van der Waals surface area contributed by atoms with Crippen molar-refractivity contribution in [3.63, 3.8) is 0 Å². The van der Waals surface area contributed by atoms with Gasteiger partial charge in [0.1, 0.15) is 12.4 Å². The molecule has 0 aliphatic carbocycles. The van der Waals surface area contributed by atoms with Gasteiger partial charge in [-0.1, -0.05) is 30.7 Å². The molecule has 0 heterocycles. The summed E-state index contributed by atoms with van der Waals surface area (Å²) >= 11 is 6.15. The molecule has 1 aromatic rings. The Labute approximate surface area is 124 Å². The molecule has 0 saturated heterocycles. The maximum Gasteiger partial charge on any atom is 0.312 e. The highest BCUT2D eigenvalue weighted by Crippen LogP contribution is 2.31. The van der Waals surface area contributed by atoms with E-state index in [0.29, 0.717) is 17.2 Å². The van der Waals surface area contributed by atoms with E-state index >= 15 is 0 Å². The van der Waals surface area contributed by atoms with Gasteiger partial charge in [-0.3, -0.25) is 4.79 Å². The Morgan fingerprint density at radius 3 is 2.70 bits per heavy atom. The quantitative estimate of drug-likeness (QED) is 0.811. The van der Waals surface area contributed by atoms with Crippen molar-refractivity contribution in [2.24, 2.45) is 11.1 Å². The van der Waals surface area contributed by atoms with Crippen LogP contribution in [0.1, 0.15) is 32.8 Å². The maximum absolute atomic E-state index is 11.1. The number of hydrogen-bond acceptors (Lipinski definition) is 3. The number of nitrogens with two attached hydrogens (primary N) is 1. The van der Waals surface area contributed by atoms with Gasteiger partial charge in [0.05, 0.1) is 10.4 Å². The lowest BCUT2D eigenvalue weighted by atomic mass is 9.95. The molecule has 0 aliphatic heterocycles. The summed E-state index contributed by atoms with van der Waals surface area (Å²) in [5.74, 6) is -0.372. The van der Waals surface area contributed by atoms with Crippen LogP contribution in [0.4, 0.5) is 0 Å². The molecule has 1 rings (SSSR count). The van der Waals surface area contributed by atoms with Crippen LogP contribution in [0.5, 0.6) is 5.75 Å². The fourth-order valence-electron chi connectivity index (χ4n) is 1.62. The van der Waals surface area contributed by atoms with Gasteiger partial charge in [-0.2, -0.15) is 0 Å². The third-order valence-corrected chi connectivity index (χ3v) is 3.51. The van der Waals surface area contributed by atoms with E-state index in [2.05, 4.69) is 0 Å². The number of para-hydroxylation sites is 1. The Balaban J connectivity index is 2.91. The van der Waals surface area contributed by atoms with Crippen molar-refractivity contribution in [3.8, 4) is 5.75 Å². The minimum Gasteiger partial charge on any atom is -0.491 e. The zero-order valence-corrected chi connectivity index (χ0v) is 12.9. The minimum atomic E-state index is -0.969. The topological polar surface area (TPSA) is 72.5 Å². The molecule has 5 heteroatoms. The minimum absolute atomic E-state index is 0.0308. The van der Waals surface area contributed by atoms with E-state index in [1.807, 2.05) is 19.1 Å². The van der Waals surface area contributed by atoms with Gasteiger partial charge >= 0.3 is 5.97 Å². The van der Waals surface area contributed by atoms with Crippen molar-refractivity contribution in [2.45, 2.75) is 39.7 Å². The van der Waals surface area contributed by atoms with E-state index in [0.717, 1.165) is 12.0 Å².